The van der Waals surface area contributed by atoms with Gasteiger partial charge in [0.15, 0.2) is 5.82 Å². The van der Waals surface area contributed by atoms with Crippen molar-refractivity contribution in [3.63, 3.8) is 0 Å². The summed E-state index contributed by atoms with van der Waals surface area (Å²) in [7, 11) is 0. The molecule has 0 aliphatic carbocycles. The molecule has 158 valence electrons. The van der Waals surface area contributed by atoms with Gasteiger partial charge in [-0.15, -0.1) is 18.3 Å². The molecule has 0 aliphatic heterocycles. The average molecular weight is 438 g/mol. The monoisotopic (exact) mass is 438 g/mol. The number of amides is 1. The summed E-state index contributed by atoms with van der Waals surface area (Å²) in [5, 5.41) is 9.70. The Morgan fingerprint density at radius 1 is 1.10 bits per heavy atom. The summed E-state index contributed by atoms with van der Waals surface area (Å²) in [6, 6.07) is 12.4. The molecular formula is C19H17F3N4O3S. The fourth-order valence-electron chi connectivity index (χ4n) is 2.26. The standard InChI is InChI=1S/C19H17F3N4O3S/c1-12-2-6-14(7-3-12)28-10-16-24-18(26-25-16)30-11-17(27)23-13-4-8-15(9-5-13)29-19(20,21)22/h2-9H,10-11H2,1H3,(H,23,27)(H,24,25,26). The second-order valence-corrected chi connectivity index (χ2v) is 7.02. The molecule has 1 aromatic heterocycles. The van der Waals surface area contributed by atoms with Crippen molar-refractivity contribution in [3.8, 4) is 11.5 Å². The molecule has 0 saturated heterocycles. The molecular weight excluding hydrogens is 421 g/mol. The second-order valence-electron chi connectivity index (χ2n) is 6.08. The molecule has 0 atom stereocenters. The number of H-pyrrole nitrogens is 1. The van der Waals surface area contributed by atoms with Crippen LogP contribution in [0.15, 0.2) is 53.7 Å². The minimum atomic E-state index is -4.76. The lowest BCUT2D eigenvalue weighted by Gasteiger charge is -2.09. The van der Waals surface area contributed by atoms with Crippen molar-refractivity contribution in [2.24, 2.45) is 0 Å². The average Bonchev–Trinajstić information content (AvgIpc) is 3.14. The number of aromatic nitrogens is 3. The van der Waals surface area contributed by atoms with Gasteiger partial charge in [0, 0.05) is 5.69 Å². The Labute approximate surface area is 174 Å². The van der Waals surface area contributed by atoms with E-state index in [0.29, 0.717) is 22.4 Å². The number of halogens is 3. The largest absolute Gasteiger partial charge is 0.573 e. The van der Waals surface area contributed by atoms with Gasteiger partial charge >= 0.3 is 6.36 Å². The quantitative estimate of drug-likeness (QED) is 0.509. The van der Waals surface area contributed by atoms with Crippen LogP contribution in [0.2, 0.25) is 0 Å². The van der Waals surface area contributed by atoms with E-state index in [1.54, 1.807) is 0 Å². The highest BCUT2D eigenvalue weighted by molar-refractivity contribution is 7.99. The zero-order valence-electron chi connectivity index (χ0n) is 15.7. The van der Waals surface area contributed by atoms with E-state index >= 15 is 0 Å². The molecule has 3 rings (SSSR count). The number of thioether (sulfide) groups is 1. The van der Waals surface area contributed by atoms with Crippen molar-refractivity contribution in [2.45, 2.75) is 25.0 Å². The van der Waals surface area contributed by atoms with E-state index < -0.39 is 6.36 Å². The molecule has 0 unspecified atom stereocenters. The van der Waals surface area contributed by atoms with Gasteiger partial charge in [0.2, 0.25) is 11.1 Å². The number of nitrogens with one attached hydrogen (secondary N) is 2. The lowest BCUT2D eigenvalue weighted by Crippen LogP contribution is -2.17. The van der Waals surface area contributed by atoms with E-state index in [9.17, 15) is 18.0 Å². The van der Waals surface area contributed by atoms with E-state index in [4.69, 9.17) is 4.74 Å². The zero-order chi connectivity index (χ0) is 21.6. The molecule has 0 spiro atoms. The molecule has 0 aliphatic rings. The number of carbonyl (C=O) groups is 1. The van der Waals surface area contributed by atoms with E-state index in [2.05, 4.69) is 25.2 Å². The smallest absolute Gasteiger partial charge is 0.486 e. The van der Waals surface area contributed by atoms with E-state index in [0.717, 1.165) is 29.5 Å². The van der Waals surface area contributed by atoms with Crippen LogP contribution in [0.25, 0.3) is 0 Å². The Balaban J connectivity index is 1.43. The third-order valence-electron chi connectivity index (χ3n) is 3.61. The fourth-order valence-corrected chi connectivity index (χ4v) is 2.88. The molecule has 7 nitrogen and oxygen atoms in total. The molecule has 0 fully saturated rings. The number of rotatable bonds is 8. The SMILES string of the molecule is Cc1ccc(OCc2nc(SCC(=O)Nc3ccc(OC(F)(F)F)cc3)n[nH]2)cc1. The lowest BCUT2D eigenvalue weighted by molar-refractivity contribution is -0.274. The molecule has 1 amide bonds. The van der Waals surface area contributed by atoms with E-state index in [1.165, 1.54) is 12.1 Å². The Morgan fingerprint density at radius 3 is 2.43 bits per heavy atom. The predicted octanol–water partition coefficient (Wildman–Crippen LogP) is 4.32. The number of aryl methyl sites for hydroxylation is 1. The van der Waals surface area contributed by atoms with Gasteiger partial charge in [-0.05, 0) is 43.3 Å². The van der Waals surface area contributed by atoms with Crippen LogP contribution in [0.4, 0.5) is 18.9 Å². The summed E-state index contributed by atoms with van der Waals surface area (Å²) < 4.78 is 45.8. The molecule has 1 heterocycles. The number of hydrogen-bond donors (Lipinski definition) is 2. The molecule has 3 aromatic rings. The van der Waals surface area contributed by atoms with Crippen molar-refractivity contribution in [2.75, 3.05) is 11.1 Å². The number of benzene rings is 2. The van der Waals surface area contributed by atoms with Crippen LogP contribution < -0.4 is 14.8 Å². The molecule has 11 heteroatoms. The highest BCUT2D eigenvalue weighted by Gasteiger charge is 2.30. The van der Waals surface area contributed by atoms with Crippen molar-refractivity contribution in [1.82, 2.24) is 15.2 Å². The molecule has 2 N–H and O–H groups in total. The van der Waals surface area contributed by atoms with Crippen molar-refractivity contribution >= 4 is 23.4 Å². The maximum absolute atomic E-state index is 12.1. The summed E-state index contributed by atoms with van der Waals surface area (Å²) in [6.07, 6.45) is -4.76. The number of nitrogens with zero attached hydrogens (tertiary/aromatic N) is 2. The number of anilines is 1. The predicted molar refractivity (Wildman–Crippen MR) is 104 cm³/mol. The summed E-state index contributed by atoms with van der Waals surface area (Å²) in [4.78, 5) is 16.2. The Morgan fingerprint density at radius 2 is 1.77 bits per heavy atom. The normalized spacial score (nSPS) is 11.2. The summed E-state index contributed by atoms with van der Waals surface area (Å²) >= 11 is 1.11. The van der Waals surface area contributed by atoms with Gasteiger partial charge in [-0.1, -0.05) is 29.5 Å². The molecule has 2 aromatic carbocycles. The van der Waals surface area contributed by atoms with Crippen molar-refractivity contribution in [1.29, 1.82) is 0 Å². The van der Waals surface area contributed by atoms with Crippen LogP contribution in [-0.4, -0.2) is 33.2 Å². The Bertz CT molecular complexity index is 976. The summed E-state index contributed by atoms with van der Waals surface area (Å²) in [5.74, 6) is 0.524. The first kappa shape index (κ1) is 21.5. The lowest BCUT2D eigenvalue weighted by atomic mass is 10.2. The van der Waals surface area contributed by atoms with Crippen LogP contribution in [0, 0.1) is 6.92 Å². The molecule has 0 radical (unpaired) electrons. The van der Waals surface area contributed by atoms with E-state index in [-0.39, 0.29) is 24.0 Å². The van der Waals surface area contributed by atoms with Gasteiger partial charge in [-0.3, -0.25) is 9.89 Å². The first-order chi connectivity index (χ1) is 14.3. The first-order valence-electron chi connectivity index (χ1n) is 8.66. The van der Waals surface area contributed by atoms with Crippen molar-refractivity contribution in [3.05, 3.63) is 59.9 Å². The first-order valence-corrected chi connectivity index (χ1v) is 9.64. The van der Waals surface area contributed by atoms with Gasteiger partial charge in [0.1, 0.15) is 18.1 Å². The number of hydrogen-bond acceptors (Lipinski definition) is 6. The second kappa shape index (κ2) is 9.53. The number of ether oxygens (including phenoxy) is 2. The van der Waals surface area contributed by atoms with Crippen LogP contribution in [-0.2, 0) is 11.4 Å². The van der Waals surface area contributed by atoms with Gasteiger partial charge in [0.25, 0.3) is 0 Å². The molecule has 0 saturated carbocycles. The maximum Gasteiger partial charge on any atom is 0.573 e. The third-order valence-corrected chi connectivity index (χ3v) is 4.46. The van der Waals surface area contributed by atoms with Gasteiger partial charge in [-0.25, -0.2) is 4.98 Å². The van der Waals surface area contributed by atoms with Crippen LogP contribution >= 0.6 is 11.8 Å². The van der Waals surface area contributed by atoms with Gasteiger partial charge in [0.05, 0.1) is 5.75 Å². The fraction of sp³-hybridized carbons (Fsp3) is 0.211. The highest BCUT2D eigenvalue weighted by Crippen LogP contribution is 2.24. The van der Waals surface area contributed by atoms with Gasteiger partial charge < -0.3 is 14.8 Å². The van der Waals surface area contributed by atoms with E-state index in [1.807, 2.05) is 31.2 Å². The number of alkyl halides is 3. The van der Waals surface area contributed by atoms with Gasteiger partial charge in [-0.2, -0.15) is 0 Å². The van der Waals surface area contributed by atoms with Crippen molar-refractivity contribution < 1.29 is 27.4 Å². The summed E-state index contributed by atoms with van der Waals surface area (Å²) in [6.45, 7) is 2.19. The minimum absolute atomic E-state index is 0.0247. The topological polar surface area (TPSA) is 89.1 Å². The van der Waals surface area contributed by atoms with Crippen LogP contribution in [0.1, 0.15) is 11.4 Å². The number of carbonyl (C=O) groups excluding carboxylic acids is 1. The zero-order valence-corrected chi connectivity index (χ0v) is 16.5. The Hall–Kier alpha value is -3.21. The maximum atomic E-state index is 12.1. The van der Waals surface area contributed by atoms with Crippen LogP contribution in [0.3, 0.4) is 0 Å². The Kier molecular flexibility index (Phi) is 6.83. The molecule has 30 heavy (non-hydrogen) atoms. The highest BCUT2D eigenvalue weighted by atomic mass is 32.2. The number of aromatic amines is 1. The minimum Gasteiger partial charge on any atom is -0.486 e. The summed E-state index contributed by atoms with van der Waals surface area (Å²) in [5.41, 5.74) is 1.47. The third kappa shape index (κ3) is 6.99. The molecule has 0 bridgehead atoms. The van der Waals surface area contributed by atoms with Crippen LogP contribution in [0.5, 0.6) is 11.5 Å².